The van der Waals surface area contributed by atoms with Crippen LogP contribution >= 0.6 is 23.2 Å². The Morgan fingerprint density at radius 2 is 2.10 bits per heavy atom. The number of benzene rings is 1. The summed E-state index contributed by atoms with van der Waals surface area (Å²) in [5.41, 5.74) is 9.24. The lowest BCUT2D eigenvalue weighted by molar-refractivity contribution is 0.599. The molecule has 20 heavy (non-hydrogen) atoms. The Morgan fingerprint density at radius 1 is 1.25 bits per heavy atom. The zero-order valence-electron chi connectivity index (χ0n) is 10.9. The maximum atomic E-state index is 6.17. The lowest BCUT2D eigenvalue weighted by Gasteiger charge is -2.27. The first-order chi connectivity index (χ1) is 9.63. The highest BCUT2D eigenvalue weighted by molar-refractivity contribution is 6.35. The number of hydrogen-bond donors (Lipinski definition) is 2. The molecular weight excluding hydrogens is 293 g/mol. The predicted octanol–water partition coefficient (Wildman–Crippen LogP) is 4.46. The van der Waals surface area contributed by atoms with Crippen LogP contribution in [0.15, 0.2) is 30.5 Å². The van der Waals surface area contributed by atoms with Gasteiger partial charge in [0.1, 0.15) is 5.82 Å². The average molecular weight is 308 g/mol. The summed E-state index contributed by atoms with van der Waals surface area (Å²) >= 11 is 12.0. The van der Waals surface area contributed by atoms with Crippen molar-refractivity contribution in [3.05, 3.63) is 51.6 Å². The van der Waals surface area contributed by atoms with E-state index in [1.54, 1.807) is 12.3 Å². The Hall–Kier alpha value is -1.45. The molecule has 1 aromatic carbocycles. The van der Waals surface area contributed by atoms with Crippen LogP contribution in [0.25, 0.3) is 0 Å². The van der Waals surface area contributed by atoms with Crippen molar-refractivity contribution < 1.29 is 0 Å². The third kappa shape index (κ3) is 2.69. The van der Waals surface area contributed by atoms with Gasteiger partial charge in [0.05, 0.1) is 16.1 Å². The number of nitrogens with two attached hydrogens (primary N) is 1. The second-order valence-electron chi connectivity index (χ2n) is 5.03. The molecule has 3 rings (SSSR count). The molecule has 0 fully saturated rings. The fraction of sp³-hybridized carbons (Fsp3) is 0.267. The molecule has 0 amide bonds. The molecule has 0 bridgehead atoms. The lowest BCUT2D eigenvalue weighted by atomic mass is 9.87. The van der Waals surface area contributed by atoms with Crippen molar-refractivity contribution in [3.63, 3.8) is 0 Å². The van der Waals surface area contributed by atoms with E-state index in [1.807, 2.05) is 6.07 Å². The molecule has 1 aliphatic rings. The number of nitrogens with one attached hydrogen (secondary N) is 1. The first-order valence-corrected chi connectivity index (χ1v) is 7.35. The third-order valence-corrected chi connectivity index (χ3v) is 4.09. The van der Waals surface area contributed by atoms with Gasteiger partial charge in [-0.2, -0.15) is 0 Å². The van der Waals surface area contributed by atoms with Gasteiger partial charge in [0, 0.05) is 11.9 Å². The van der Waals surface area contributed by atoms with Gasteiger partial charge < -0.3 is 11.1 Å². The van der Waals surface area contributed by atoms with E-state index < -0.39 is 0 Å². The van der Waals surface area contributed by atoms with Gasteiger partial charge in [-0.05, 0) is 48.6 Å². The first kappa shape index (κ1) is 13.5. The smallest absolute Gasteiger partial charge is 0.145 e. The molecule has 0 saturated heterocycles. The standard InChI is InChI=1S/C15H15Cl2N3/c16-10-7-13(17)15(19-8-10)20-14-3-1-2-9-6-11(18)4-5-12(9)14/h4-8,14H,1-3,18H2,(H,19,20). The molecule has 1 aliphatic carbocycles. The van der Waals surface area contributed by atoms with Crippen molar-refractivity contribution in [2.45, 2.75) is 25.3 Å². The molecule has 0 saturated carbocycles. The maximum absolute atomic E-state index is 6.17. The van der Waals surface area contributed by atoms with Crippen molar-refractivity contribution >= 4 is 34.7 Å². The number of aromatic nitrogens is 1. The summed E-state index contributed by atoms with van der Waals surface area (Å²) in [6.45, 7) is 0. The number of halogens is 2. The highest BCUT2D eigenvalue weighted by Gasteiger charge is 2.21. The van der Waals surface area contributed by atoms with E-state index in [0.29, 0.717) is 15.9 Å². The predicted molar refractivity (Wildman–Crippen MR) is 84.4 cm³/mol. The van der Waals surface area contributed by atoms with Gasteiger partial charge in [-0.1, -0.05) is 29.3 Å². The first-order valence-electron chi connectivity index (χ1n) is 6.59. The van der Waals surface area contributed by atoms with E-state index in [0.717, 1.165) is 24.9 Å². The van der Waals surface area contributed by atoms with Crippen LogP contribution in [0.2, 0.25) is 10.0 Å². The van der Waals surface area contributed by atoms with E-state index in [9.17, 15) is 0 Å². The fourth-order valence-corrected chi connectivity index (χ4v) is 3.10. The van der Waals surface area contributed by atoms with Crippen LogP contribution in [-0.2, 0) is 6.42 Å². The molecule has 0 spiro atoms. The zero-order chi connectivity index (χ0) is 14.1. The number of aryl methyl sites for hydroxylation is 1. The molecule has 0 aliphatic heterocycles. The van der Waals surface area contributed by atoms with Gasteiger partial charge in [-0.25, -0.2) is 4.98 Å². The van der Waals surface area contributed by atoms with Gasteiger partial charge in [-0.3, -0.25) is 0 Å². The van der Waals surface area contributed by atoms with Crippen molar-refractivity contribution in [3.8, 4) is 0 Å². The van der Waals surface area contributed by atoms with Crippen molar-refractivity contribution in [1.82, 2.24) is 4.98 Å². The van der Waals surface area contributed by atoms with Crippen LogP contribution in [-0.4, -0.2) is 4.98 Å². The molecule has 104 valence electrons. The number of nitrogens with zero attached hydrogens (tertiary/aromatic N) is 1. The molecule has 1 unspecified atom stereocenters. The highest BCUT2D eigenvalue weighted by atomic mass is 35.5. The van der Waals surface area contributed by atoms with Crippen LogP contribution in [0.1, 0.15) is 30.0 Å². The number of anilines is 2. The molecule has 1 heterocycles. The molecule has 3 nitrogen and oxygen atoms in total. The van der Waals surface area contributed by atoms with Gasteiger partial charge in [0.15, 0.2) is 0 Å². The average Bonchev–Trinajstić information content (AvgIpc) is 2.41. The van der Waals surface area contributed by atoms with Gasteiger partial charge in [0.2, 0.25) is 0 Å². The summed E-state index contributed by atoms with van der Waals surface area (Å²) in [6, 6.07) is 8.00. The quantitative estimate of drug-likeness (QED) is 0.805. The molecule has 1 aromatic heterocycles. The molecule has 3 N–H and O–H groups in total. The lowest BCUT2D eigenvalue weighted by Crippen LogP contribution is -2.18. The Balaban J connectivity index is 1.89. The van der Waals surface area contributed by atoms with Crippen LogP contribution in [0.3, 0.4) is 0 Å². The minimum Gasteiger partial charge on any atom is -0.399 e. The second kappa shape index (κ2) is 5.51. The minimum atomic E-state index is 0.213. The summed E-state index contributed by atoms with van der Waals surface area (Å²) in [5, 5.41) is 4.49. The number of nitrogen functional groups attached to an aromatic ring is 1. The normalized spacial score (nSPS) is 17.6. The molecular formula is C15H15Cl2N3. The van der Waals surface area contributed by atoms with E-state index in [2.05, 4.69) is 22.4 Å². The molecule has 2 aromatic rings. The second-order valence-corrected chi connectivity index (χ2v) is 5.88. The Labute approximate surface area is 128 Å². The Bertz CT molecular complexity index is 643. The van der Waals surface area contributed by atoms with E-state index in [4.69, 9.17) is 28.9 Å². The van der Waals surface area contributed by atoms with E-state index in [1.165, 1.54) is 11.1 Å². The largest absolute Gasteiger partial charge is 0.399 e. The monoisotopic (exact) mass is 307 g/mol. The summed E-state index contributed by atoms with van der Waals surface area (Å²) in [4.78, 5) is 4.26. The van der Waals surface area contributed by atoms with Crippen LogP contribution in [0.4, 0.5) is 11.5 Å². The fourth-order valence-electron chi connectivity index (χ4n) is 2.67. The van der Waals surface area contributed by atoms with Crippen LogP contribution in [0.5, 0.6) is 0 Å². The Morgan fingerprint density at radius 3 is 2.90 bits per heavy atom. The van der Waals surface area contributed by atoms with E-state index in [-0.39, 0.29) is 6.04 Å². The highest BCUT2D eigenvalue weighted by Crippen LogP contribution is 2.35. The number of rotatable bonds is 2. The van der Waals surface area contributed by atoms with E-state index >= 15 is 0 Å². The van der Waals surface area contributed by atoms with Crippen molar-refractivity contribution in [1.29, 1.82) is 0 Å². The van der Waals surface area contributed by atoms with Crippen LogP contribution < -0.4 is 11.1 Å². The number of hydrogen-bond acceptors (Lipinski definition) is 3. The third-order valence-electron chi connectivity index (χ3n) is 3.60. The van der Waals surface area contributed by atoms with Crippen molar-refractivity contribution in [2.75, 3.05) is 11.1 Å². The molecule has 5 heteroatoms. The summed E-state index contributed by atoms with van der Waals surface area (Å²) in [6.07, 6.45) is 4.85. The van der Waals surface area contributed by atoms with Crippen molar-refractivity contribution in [2.24, 2.45) is 0 Å². The van der Waals surface area contributed by atoms with Crippen LogP contribution in [0, 0.1) is 0 Å². The zero-order valence-corrected chi connectivity index (χ0v) is 12.4. The Kier molecular flexibility index (Phi) is 3.72. The van der Waals surface area contributed by atoms with Gasteiger partial charge in [-0.15, -0.1) is 0 Å². The van der Waals surface area contributed by atoms with Gasteiger partial charge >= 0.3 is 0 Å². The number of fused-ring (bicyclic) bond motifs is 1. The molecule has 0 radical (unpaired) electrons. The SMILES string of the molecule is Nc1ccc2c(c1)CCCC2Nc1ncc(Cl)cc1Cl. The summed E-state index contributed by atoms with van der Waals surface area (Å²) in [7, 11) is 0. The topological polar surface area (TPSA) is 50.9 Å². The minimum absolute atomic E-state index is 0.213. The summed E-state index contributed by atoms with van der Waals surface area (Å²) < 4.78 is 0. The summed E-state index contributed by atoms with van der Waals surface area (Å²) in [5.74, 6) is 0.672. The molecule has 1 atom stereocenters. The number of pyridine rings is 1. The van der Waals surface area contributed by atoms with Gasteiger partial charge in [0.25, 0.3) is 0 Å². The maximum Gasteiger partial charge on any atom is 0.145 e.